The maximum atomic E-state index is 12.6. The highest BCUT2D eigenvalue weighted by atomic mass is 35.5. The van der Waals surface area contributed by atoms with Gasteiger partial charge in [0.05, 0.1) is 0 Å². The summed E-state index contributed by atoms with van der Waals surface area (Å²) >= 11 is 6.00. The molecule has 2 aliphatic rings. The van der Waals surface area contributed by atoms with E-state index in [4.69, 9.17) is 16.3 Å². The number of carbonyl (C=O) groups is 1. The zero-order chi connectivity index (χ0) is 16.7. The highest BCUT2D eigenvalue weighted by Gasteiger charge is 2.32. The van der Waals surface area contributed by atoms with Gasteiger partial charge in [0.25, 0.3) is 5.91 Å². The molecule has 2 aromatic rings. The van der Waals surface area contributed by atoms with Gasteiger partial charge >= 0.3 is 0 Å². The zero-order valence-electron chi connectivity index (χ0n) is 13.5. The van der Waals surface area contributed by atoms with E-state index in [2.05, 4.69) is 27.0 Å². The van der Waals surface area contributed by atoms with Crippen LogP contribution in [0.3, 0.4) is 0 Å². The zero-order valence-corrected chi connectivity index (χ0v) is 14.2. The van der Waals surface area contributed by atoms with Crippen LogP contribution in [0.1, 0.15) is 30.6 Å². The van der Waals surface area contributed by atoms with E-state index in [1.807, 2.05) is 12.1 Å². The lowest BCUT2D eigenvalue weighted by Gasteiger charge is -2.26. The Balaban J connectivity index is 1.41. The molecule has 0 saturated carbocycles. The monoisotopic (exact) mass is 346 g/mol. The van der Waals surface area contributed by atoms with E-state index in [9.17, 15) is 4.79 Å². The van der Waals surface area contributed by atoms with Crippen LogP contribution in [0.15, 0.2) is 18.2 Å². The van der Waals surface area contributed by atoms with Crippen molar-refractivity contribution in [3.63, 3.8) is 0 Å². The van der Waals surface area contributed by atoms with E-state index < -0.39 is 6.10 Å². The van der Waals surface area contributed by atoms with Crippen LogP contribution in [0.2, 0.25) is 5.02 Å². The molecule has 24 heavy (non-hydrogen) atoms. The molecule has 2 atom stereocenters. The largest absolute Gasteiger partial charge is 0.480 e. The highest BCUT2D eigenvalue weighted by Crippen LogP contribution is 2.31. The van der Waals surface area contributed by atoms with E-state index in [-0.39, 0.29) is 11.9 Å². The number of rotatable bonds is 3. The van der Waals surface area contributed by atoms with Gasteiger partial charge in [0.2, 0.25) is 0 Å². The number of halogens is 1. The van der Waals surface area contributed by atoms with E-state index in [0.29, 0.717) is 11.4 Å². The topological polar surface area (TPSA) is 69.0 Å². The number of aromatic nitrogens is 3. The summed E-state index contributed by atoms with van der Waals surface area (Å²) in [5.74, 6) is 2.67. The number of hydrogen-bond donors (Lipinski definition) is 1. The van der Waals surface area contributed by atoms with Gasteiger partial charge in [0.15, 0.2) is 6.10 Å². The lowest BCUT2D eigenvalue weighted by Crippen LogP contribution is -2.46. The summed E-state index contributed by atoms with van der Waals surface area (Å²) in [5.41, 5.74) is 0.987. The molecule has 0 saturated heterocycles. The van der Waals surface area contributed by atoms with Gasteiger partial charge in [-0.15, -0.1) is 10.2 Å². The Morgan fingerprint density at radius 1 is 1.46 bits per heavy atom. The van der Waals surface area contributed by atoms with Gasteiger partial charge in [-0.1, -0.05) is 18.5 Å². The number of amides is 1. The minimum Gasteiger partial charge on any atom is -0.480 e. The van der Waals surface area contributed by atoms with Crippen molar-refractivity contribution in [2.45, 2.75) is 51.3 Å². The Morgan fingerprint density at radius 2 is 2.33 bits per heavy atom. The van der Waals surface area contributed by atoms with Crippen LogP contribution in [-0.2, 0) is 30.6 Å². The summed E-state index contributed by atoms with van der Waals surface area (Å²) in [6.07, 6.45) is 2.63. The lowest BCUT2D eigenvalue weighted by molar-refractivity contribution is -0.128. The van der Waals surface area contributed by atoms with Gasteiger partial charge in [-0.05, 0) is 30.2 Å². The first-order valence-corrected chi connectivity index (χ1v) is 8.68. The third-order valence-corrected chi connectivity index (χ3v) is 4.91. The van der Waals surface area contributed by atoms with Crippen LogP contribution in [0.4, 0.5) is 0 Å². The van der Waals surface area contributed by atoms with Crippen LogP contribution >= 0.6 is 11.6 Å². The van der Waals surface area contributed by atoms with Crippen LogP contribution in [0, 0.1) is 0 Å². The number of ether oxygens (including phenoxy) is 1. The average molecular weight is 347 g/mol. The minimum absolute atomic E-state index is 0.0677. The summed E-state index contributed by atoms with van der Waals surface area (Å²) in [5, 5.41) is 12.2. The summed E-state index contributed by atoms with van der Waals surface area (Å²) in [6.45, 7) is 2.79. The van der Waals surface area contributed by atoms with Gasteiger partial charge in [0, 0.05) is 36.9 Å². The first-order chi connectivity index (χ1) is 11.6. The van der Waals surface area contributed by atoms with Gasteiger partial charge in [0.1, 0.15) is 17.4 Å². The van der Waals surface area contributed by atoms with Crippen molar-refractivity contribution in [2.75, 3.05) is 0 Å². The second-order valence-electron chi connectivity index (χ2n) is 6.30. The molecular weight excluding hydrogens is 328 g/mol. The van der Waals surface area contributed by atoms with Gasteiger partial charge < -0.3 is 14.6 Å². The predicted molar refractivity (Wildman–Crippen MR) is 89.2 cm³/mol. The SMILES string of the molecule is CCc1nnc2n1C[C@H](NC(=O)[C@H]1Cc3cc(Cl)ccc3O1)CC2. The molecule has 7 heteroatoms. The van der Waals surface area contributed by atoms with Crippen molar-refractivity contribution >= 4 is 17.5 Å². The Labute approximate surface area is 145 Å². The standard InChI is InChI=1S/C17H19ClN4O2/c1-2-15-20-21-16-6-4-12(9-22(15)16)19-17(23)14-8-10-7-11(18)3-5-13(10)24-14/h3,5,7,12,14H,2,4,6,8-9H2,1H3,(H,19,23)/t12-,14-/m1/s1. The number of benzene rings is 1. The van der Waals surface area contributed by atoms with Gasteiger partial charge in [-0.25, -0.2) is 0 Å². The molecule has 1 aromatic carbocycles. The molecule has 3 heterocycles. The Kier molecular flexibility index (Phi) is 3.92. The Hall–Kier alpha value is -2.08. The number of hydrogen-bond acceptors (Lipinski definition) is 4. The normalized spacial score (nSPS) is 21.8. The molecule has 0 fully saturated rings. The highest BCUT2D eigenvalue weighted by molar-refractivity contribution is 6.30. The lowest BCUT2D eigenvalue weighted by atomic mass is 10.1. The molecule has 0 unspecified atom stereocenters. The van der Waals surface area contributed by atoms with Crippen molar-refractivity contribution < 1.29 is 9.53 Å². The predicted octanol–water partition coefficient (Wildman–Crippen LogP) is 1.93. The second-order valence-corrected chi connectivity index (χ2v) is 6.74. The molecule has 0 aliphatic carbocycles. The van der Waals surface area contributed by atoms with Crippen LogP contribution in [0.25, 0.3) is 0 Å². The first kappa shape index (κ1) is 15.4. The summed E-state index contributed by atoms with van der Waals surface area (Å²) in [7, 11) is 0. The van der Waals surface area contributed by atoms with E-state index >= 15 is 0 Å². The molecule has 2 aliphatic heterocycles. The van der Waals surface area contributed by atoms with E-state index in [0.717, 1.165) is 48.8 Å². The van der Waals surface area contributed by atoms with Crippen molar-refractivity contribution in [1.29, 1.82) is 0 Å². The van der Waals surface area contributed by atoms with Crippen LogP contribution in [0.5, 0.6) is 5.75 Å². The number of nitrogens with one attached hydrogen (secondary N) is 1. The molecule has 1 aromatic heterocycles. The number of fused-ring (bicyclic) bond motifs is 2. The van der Waals surface area contributed by atoms with Gasteiger partial charge in [-0.3, -0.25) is 4.79 Å². The molecule has 1 N–H and O–H groups in total. The van der Waals surface area contributed by atoms with Gasteiger partial charge in [-0.2, -0.15) is 0 Å². The fourth-order valence-corrected chi connectivity index (χ4v) is 3.61. The summed E-state index contributed by atoms with van der Waals surface area (Å²) in [4.78, 5) is 12.6. The summed E-state index contributed by atoms with van der Waals surface area (Å²) < 4.78 is 7.89. The van der Waals surface area contributed by atoms with Crippen molar-refractivity contribution in [1.82, 2.24) is 20.1 Å². The van der Waals surface area contributed by atoms with Crippen molar-refractivity contribution in [3.05, 3.63) is 40.4 Å². The third kappa shape index (κ3) is 2.75. The van der Waals surface area contributed by atoms with E-state index in [1.54, 1.807) is 6.07 Å². The fourth-order valence-electron chi connectivity index (χ4n) is 3.42. The molecule has 6 nitrogen and oxygen atoms in total. The molecule has 0 spiro atoms. The first-order valence-electron chi connectivity index (χ1n) is 8.30. The molecule has 1 amide bonds. The molecule has 0 radical (unpaired) electrons. The van der Waals surface area contributed by atoms with Crippen LogP contribution in [-0.4, -0.2) is 32.8 Å². The third-order valence-electron chi connectivity index (χ3n) is 4.68. The number of carbonyl (C=O) groups excluding carboxylic acids is 1. The average Bonchev–Trinajstić information content (AvgIpc) is 3.17. The maximum absolute atomic E-state index is 12.6. The smallest absolute Gasteiger partial charge is 0.261 e. The summed E-state index contributed by atoms with van der Waals surface area (Å²) in [6, 6.07) is 5.55. The molecule has 0 bridgehead atoms. The van der Waals surface area contributed by atoms with E-state index in [1.165, 1.54) is 0 Å². The number of nitrogens with zero attached hydrogens (tertiary/aromatic N) is 3. The maximum Gasteiger partial charge on any atom is 0.261 e. The molecule has 4 rings (SSSR count). The van der Waals surface area contributed by atoms with Crippen molar-refractivity contribution in [2.24, 2.45) is 0 Å². The van der Waals surface area contributed by atoms with Crippen LogP contribution < -0.4 is 10.1 Å². The fraction of sp³-hybridized carbons (Fsp3) is 0.471. The quantitative estimate of drug-likeness (QED) is 0.922. The second kappa shape index (κ2) is 6.09. The van der Waals surface area contributed by atoms with Crippen molar-refractivity contribution in [3.8, 4) is 5.75 Å². The Bertz CT molecular complexity index is 775. The Morgan fingerprint density at radius 3 is 3.17 bits per heavy atom. The minimum atomic E-state index is -0.480. The molecule has 126 valence electrons. The molecular formula is C17H19ClN4O2. The number of aryl methyl sites for hydroxylation is 2.